The van der Waals surface area contributed by atoms with Crippen molar-refractivity contribution in [2.75, 3.05) is 19.7 Å². The van der Waals surface area contributed by atoms with Crippen molar-refractivity contribution in [3.05, 3.63) is 72.3 Å². The smallest absolute Gasteiger partial charge is 0.128 e. The van der Waals surface area contributed by atoms with Crippen LogP contribution >= 0.6 is 0 Å². The van der Waals surface area contributed by atoms with Crippen LogP contribution in [0.2, 0.25) is 0 Å². The summed E-state index contributed by atoms with van der Waals surface area (Å²) >= 11 is 0. The van der Waals surface area contributed by atoms with Gasteiger partial charge < -0.3 is 15.6 Å². The second-order valence-electron chi connectivity index (χ2n) is 8.01. The van der Waals surface area contributed by atoms with Gasteiger partial charge in [0.1, 0.15) is 11.5 Å². The molecule has 3 N–H and O–H groups in total. The van der Waals surface area contributed by atoms with Crippen LogP contribution in [0.5, 0.6) is 11.5 Å². The molecule has 0 atom stereocenters. The second-order valence-corrected chi connectivity index (χ2v) is 8.01. The van der Waals surface area contributed by atoms with Gasteiger partial charge in [0, 0.05) is 29.3 Å². The molecule has 1 aliphatic rings. The third-order valence-corrected chi connectivity index (χ3v) is 5.67. The maximum absolute atomic E-state index is 11.3. The summed E-state index contributed by atoms with van der Waals surface area (Å²) in [6, 6.07) is 10.6. The van der Waals surface area contributed by atoms with Gasteiger partial charge in [0.2, 0.25) is 0 Å². The van der Waals surface area contributed by atoms with Crippen LogP contribution in [0, 0.1) is 0 Å². The topological polar surface area (TPSA) is 58.7 Å². The van der Waals surface area contributed by atoms with Crippen LogP contribution in [0.1, 0.15) is 36.5 Å². The standard InChI is InChI=1S/C26H34N2O2/c1-4-7-19-9-10-25(30-6-3)23(16-19)24-17-20(8-5-2)15-21(26(24)29)18-28-13-11-22(27)12-14-28/h4-5,9-10,15-17,22,29H,1-2,6-8,11-14,18,27H2,3H3. The Morgan fingerprint density at radius 3 is 2.40 bits per heavy atom. The summed E-state index contributed by atoms with van der Waals surface area (Å²) in [5, 5.41) is 11.3. The van der Waals surface area contributed by atoms with Crippen LogP contribution in [0.25, 0.3) is 11.1 Å². The first-order valence-corrected chi connectivity index (χ1v) is 10.9. The first-order chi connectivity index (χ1) is 14.5. The summed E-state index contributed by atoms with van der Waals surface area (Å²) in [5.74, 6) is 1.11. The first kappa shape index (κ1) is 22.1. The fourth-order valence-electron chi connectivity index (χ4n) is 4.09. The van der Waals surface area contributed by atoms with Crippen molar-refractivity contribution in [2.24, 2.45) is 5.73 Å². The van der Waals surface area contributed by atoms with Crippen molar-refractivity contribution in [1.82, 2.24) is 4.90 Å². The van der Waals surface area contributed by atoms with E-state index in [1.165, 1.54) is 0 Å². The van der Waals surface area contributed by atoms with Crippen molar-refractivity contribution in [3.8, 4) is 22.6 Å². The van der Waals surface area contributed by atoms with Crippen LogP contribution in [0.15, 0.2) is 55.6 Å². The molecule has 0 radical (unpaired) electrons. The van der Waals surface area contributed by atoms with Gasteiger partial charge in [-0.2, -0.15) is 0 Å². The molecule has 0 spiro atoms. The Balaban J connectivity index is 2.05. The van der Waals surface area contributed by atoms with Gasteiger partial charge in [-0.05, 0) is 75.0 Å². The Labute approximate surface area is 180 Å². The number of phenols is 1. The van der Waals surface area contributed by atoms with E-state index in [2.05, 4.69) is 42.3 Å². The molecule has 0 saturated carbocycles. The zero-order valence-corrected chi connectivity index (χ0v) is 18.1. The molecule has 4 heteroatoms. The lowest BCUT2D eigenvalue weighted by Crippen LogP contribution is -2.39. The van der Waals surface area contributed by atoms with E-state index in [0.717, 1.165) is 72.3 Å². The van der Waals surface area contributed by atoms with E-state index in [4.69, 9.17) is 10.5 Å². The number of hydrogen-bond acceptors (Lipinski definition) is 4. The van der Waals surface area contributed by atoms with E-state index in [1.54, 1.807) is 0 Å². The molecule has 1 aliphatic heterocycles. The Hall–Kier alpha value is -2.56. The number of hydrogen-bond donors (Lipinski definition) is 2. The summed E-state index contributed by atoms with van der Waals surface area (Å²) in [4.78, 5) is 2.37. The van der Waals surface area contributed by atoms with E-state index in [1.807, 2.05) is 25.1 Å². The summed E-state index contributed by atoms with van der Waals surface area (Å²) in [7, 11) is 0. The van der Waals surface area contributed by atoms with Crippen LogP contribution in [0.3, 0.4) is 0 Å². The number of nitrogens with zero attached hydrogens (tertiary/aromatic N) is 1. The van der Waals surface area contributed by atoms with E-state index in [-0.39, 0.29) is 0 Å². The number of phenolic OH excluding ortho intramolecular Hbond substituents is 1. The molecule has 1 heterocycles. The normalized spacial score (nSPS) is 15.1. The van der Waals surface area contributed by atoms with Crippen LogP contribution in [-0.4, -0.2) is 35.7 Å². The lowest BCUT2D eigenvalue weighted by molar-refractivity contribution is 0.203. The molecule has 0 unspecified atom stereocenters. The van der Waals surface area contributed by atoms with Gasteiger partial charge in [-0.1, -0.05) is 24.3 Å². The third-order valence-electron chi connectivity index (χ3n) is 5.67. The summed E-state index contributed by atoms with van der Waals surface area (Å²) in [5.41, 5.74) is 11.0. The molecular weight excluding hydrogens is 372 g/mol. The number of likely N-dealkylation sites (tertiary alicyclic amines) is 1. The number of rotatable bonds is 9. The first-order valence-electron chi connectivity index (χ1n) is 10.9. The minimum absolute atomic E-state index is 0.291. The molecule has 3 rings (SSSR count). The number of allylic oxidation sites excluding steroid dienone is 2. The molecule has 1 fully saturated rings. The fourth-order valence-corrected chi connectivity index (χ4v) is 4.09. The van der Waals surface area contributed by atoms with E-state index in [0.29, 0.717) is 24.9 Å². The highest BCUT2D eigenvalue weighted by atomic mass is 16.5. The van der Waals surface area contributed by atoms with Gasteiger partial charge in [-0.15, -0.1) is 13.2 Å². The van der Waals surface area contributed by atoms with Gasteiger partial charge in [-0.25, -0.2) is 0 Å². The van der Waals surface area contributed by atoms with Gasteiger partial charge in [0.15, 0.2) is 0 Å². The average Bonchev–Trinajstić information content (AvgIpc) is 2.73. The zero-order valence-electron chi connectivity index (χ0n) is 18.1. The zero-order chi connectivity index (χ0) is 21.5. The van der Waals surface area contributed by atoms with Crippen molar-refractivity contribution < 1.29 is 9.84 Å². The number of benzene rings is 2. The predicted molar refractivity (Wildman–Crippen MR) is 125 cm³/mol. The Kier molecular flexibility index (Phi) is 7.72. The summed E-state index contributed by atoms with van der Waals surface area (Å²) < 4.78 is 5.90. The van der Waals surface area contributed by atoms with E-state index in [9.17, 15) is 5.11 Å². The quantitative estimate of drug-likeness (QED) is 0.585. The van der Waals surface area contributed by atoms with Gasteiger partial charge in [-0.3, -0.25) is 4.90 Å². The van der Waals surface area contributed by atoms with Crippen LogP contribution < -0.4 is 10.5 Å². The van der Waals surface area contributed by atoms with E-state index >= 15 is 0 Å². The Morgan fingerprint density at radius 2 is 1.73 bits per heavy atom. The molecular formula is C26H34N2O2. The molecule has 160 valence electrons. The van der Waals surface area contributed by atoms with Gasteiger partial charge in [0.25, 0.3) is 0 Å². The maximum Gasteiger partial charge on any atom is 0.128 e. The predicted octanol–water partition coefficient (Wildman–Crippen LogP) is 4.84. The monoisotopic (exact) mass is 406 g/mol. The molecule has 30 heavy (non-hydrogen) atoms. The largest absolute Gasteiger partial charge is 0.507 e. The molecule has 2 aromatic rings. The highest BCUT2D eigenvalue weighted by molar-refractivity contribution is 5.78. The van der Waals surface area contributed by atoms with Gasteiger partial charge >= 0.3 is 0 Å². The number of ether oxygens (including phenoxy) is 1. The lowest BCUT2D eigenvalue weighted by atomic mass is 9.94. The highest BCUT2D eigenvalue weighted by Crippen LogP contribution is 2.40. The SMILES string of the molecule is C=CCc1ccc(OCC)c(-c2cc(CC=C)cc(CN3CCC(N)CC3)c2O)c1. The van der Waals surface area contributed by atoms with Gasteiger partial charge in [0.05, 0.1) is 6.61 Å². The average molecular weight is 407 g/mol. The number of nitrogens with two attached hydrogens (primary N) is 1. The Bertz CT molecular complexity index is 883. The molecule has 0 bridgehead atoms. The fraction of sp³-hybridized carbons (Fsp3) is 0.385. The second kappa shape index (κ2) is 10.5. The van der Waals surface area contributed by atoms with Crippen molar-refractivity contribution in [1.29, 1.82) is 0 Å². The molecule has 4 nitrogen and oxygen atoms in total. The lowest BCUT2D eigenvalue weighted by Gasteiger charge is -2.30. The molecule has 0 aromatic heterocycles. The molecule has 1 saturated heterocycles. The van der Waals surface area contributed by atoms with Crippen molar-refractivity contribution in [3.63, 3.8) is 0 Å². The number of piperidine rings is 1. The minimum atomic E-state index is 0.291. The third kappa shape index (κ3) is 5.32. The molecule has 0 aliphatic carbocycles. The molecule has 2 aromatic carbocycles. The van der Waals surface area contributed by atoms with Crippen molar-refractivity contribution in [2.45, 2.75) is 45.2 Å². The minimum Gasteiger partial charge on any atom is -0.507 e. The van der Waals surface area contributed by atoms with Crippen LogP contribution in [-0.2, 0) is 19.4 Å². The number of aromatic hydroxyl groups is 1. The summed E-state index contributed by atoms with van der Waals surface area (Å²) in [6.45, 7) is 12.9. The van der Waals surface area contributed by atoms with E-state index < -0.39 is 0 Å². The maximum atomic E-state index is 11.3. The molecule has 0 amide bonds. The summed E-state index contributed by atoms with van der Waals surface area (Å²) in [6.07, 6.45) is 7.31. The highest BCUT2D eigenvalue weighted by Gasteiger charge is 2.20. The van der Waals surface area contributed by atoms with Crippen LogP contribution in [0.4, 0.5) is 0 Å². The van der Waals surface area contributed by atoms with Crippen molar-refractivity contribution >= 4 is 0 Å². The Morgan fingerprint density at radius 1 is 1.07 bits per heavy atom.